The number of hydrogen-bond acceptors (Lipinski definition) is 4. The van der Waals surface area contributed by atoms with Crippen molar-refractivity contribution in [1.29, 1.82) is 0 Å². The van der Waals surface area contributed by atoms with E-state index >= 15 is 0 Å². The van der Waals surface area contributed by atoms with Crippen molar-refractivity contribution in [3.63, 3.8) is 0 Å². The minimum atomic E-state index is 0. The maximum absolute atomic E-state index is 10.1. The number of phenolic OH excluding ortho intramolecular Hbond substituents is 1. The molecule has 1 aliphatic heterocycles. The van der Waals surface area contributed by atoms with Gasteiger partial charge in [-0.2, -0.15) is 5.10 Å². The van der Waals surface area contributed by atoms with E-state index < -0.39 is 0 Å². The average molecular weight is 518 g/mol. The number of para-hydroxylation sites is 2. The fraction of sp³-hybridized carbons (Fsp3) is 0.273. The summed E-state index contributed by atoms with van der Waals surface area (Å²) in [6, 6.07) is 17.8. The molecular weight excluding hydrogens is 491 g/mol. The summed E-state index contributed by atoms with van der Waals surface area (Å²) in [4.78, 5) is 8.92. The van der Waals surface area contributed by atoms with E-state index in [-0.39, 0.29) is 24.0 Å². The number of guanidine groups is 1. The minimum Gasteiger partial charge on any atom is -0.506 e. The second kappa shape index (κ2) is 10.3. The Morgan fingerprint density at radius 1 is 1.03 bits per heavy atom. The Hall–Kier alpha value is -2.75. The van der Waals surface area contributed by atoms with Gasteiger partial charge in [0.2, 0.25) is 0 Å². The fourth-order valence-electron chi connectivity index (χ4n) is 3.59. The number of hydrogen-bond donors (Lipinski definition) is 2. The highest BCUT2D eigenvalue weighted by atomic mass is 127. The number of benzene rings is 2. The molecule has 2 aromatic carbocycles. The molecule has 1 saturated heterocycles. The van der Waals surface area contributed by atoms with Crippen LogP contribution in [0.3, 0.4) is 0 Å². The van der Waals surface area contributed by atoms with Crippen molar-refractivity contribution in [2.24, 2.45) is 4.99 Å². The highest BCUT2D eigenvalue weighted by molar-refractivity contribution is 14.0. The molecule has 4 rings (SSSR count). The number of aromatic hydroxyl groups is 1. The third kappa shape index (κ3) is 5.05. The molecule has 2 N–H and O–H groups in total. The van der Waals surface area contributed by atoms with Crippen molar-refractivity contribution < 1.29 is 5.11 Å². The molecule has 30 heavy (non-hydrogen) atoms. The molecule has 7 nitrogen and oxygen atoms in total. The number of halogens is 1. The van der Waals surface area contributed by atoms with Gasteiger partial charge in [-0.1, -0.05) is 24.3 Å². The van der Waals surface area contributed by atoms with Gasteiger partial charge in [-0.05, 0) is 35.9 Å². The quantitative estimate of drug-likeness (QED) is 0.316. The molecule has 0 radical (unpaired) electrons. The van der Waals surface area contributed by atoms with Crippen LogP contribution in [0.2, 0.25) is 0 Å². The summed E-state index contributed by atoms with van der Waals surface area (Å²) in [6.45, 7) is 4.11. The Balaban J connectivity index is 0.00000256. The molecule has 1 aromatic heterocycles. The number of aliphatic imine (C=N–C) groups is 1. The largest absolute Gasteiger partial charge is 0.506 e. The lowest BCUT2D eigenvalue weighted by Gasteiger charge is -2.37. The second-order valence-corrected chi connectivity index (χ2v) is 6.98. The number of phenols is 1. The third-order valence-electron chi connectivity index (χ3n) is 5.17. The highest BCUT2D eigenvalue weighted by Gasteiger charge is 2.21. The summed E-state index contributed by atoms with van der Waals surface area (Å²) in [5.41, 5.74) is 3.13. The van der Waals surface area contributed by atoms with Crippen molar-refractivity contribution in [3.05, 3.63) is 72.6 Å². The second-order valence-electron chi connectivity index (χ2n) is 6.98. The molecule has 3 aromatic rings. The Morgan fingerprint density at radius 2 is 1.77 bits per heavy atom. The van der Waals surface area contributed by atoms with Gasteiger partial charge in [0.05, 0.1) is 11.4 Å². The van der Waals surface area contributed by atoms with E-state index in [1.54, 1.807) is 12.3 Å². The van der Waals surface area contributed by atoms with Crippen LogP contribution >= 0.6 is 24.0 Å². The molecule has 0 amide bonds. The summed E-state index contributed by atoms with van der Waals surface area (Å²) in [6.07, 6.45) is 3.71. The smallest absolute Gasteiger partial charge is 0.194 e. The molecule has 2 heterocycles. The molecule has 0 aliphatic carbocycles. The number of anilines is 1. The normalized spacial score (nSPS) is 14.4. The van der Waals surface area contributed by atoms with Crippen LogP contribution in [0.25, 0.3) is 5.69 Å². The maximum Gasteiger partial charge on any atom is 0.194 e. The first-order valence-corrected chi connectivity index (χ1v) is 9.82. The molecular formula is C22H27IN6O. The molecule has 0 saturated carbocycles. The predicted octanol–water partition coefficient (Wildman–Crippen LogP) is 3.09. The van der Waals surface area contributed by atoms with Gasteiger partial charge >= 0.3 is 0 Å². The van der Waals surface area contributed by atoms with Crippen molar-refractivity contribution in [3.8, 4) is 11.4 Å². The minimum absolute atomic E-state index is 0. The molecule has 1 fully saturated rings. The molecule has 158 valence electrons. The van der Waals surface area contributed by atoms with Crippen molar-refractivity contribution >= 4 is 35.6 Å². The summed E-state index contributed by atoms with van der Waals surface area (Å²) in [7, 11) is 1.82. The number of aromatic nitrogens is 2. The zero-order valence-corrected chi connectivity index (χ0v) is 19.3. The molecule has 0 unspecified atom stereocenters. The van der Waals surface area contributed by atoms with Gasteiger partial charge in [-0.3, -0.25) is 4.99 Å². The van der Waals surface area contributed by atoms with Gasteiger partial charge < -0.3 is 20.2 Å². The van der Waals surface area contributed by atoms with Crippen LogP contribution in [-0.2, 0) is 6.54 Å². The van der Waals surface area contributed by atoms with E-state index in [2.05, 4.69) is 49.5 Å². The Morgan fingerprint density at radius 3 is 2.40 bits per heavy atom. The number of nitrogens with one attached hydrogen (secondary N) is 1. The molecule has 0 spiro atoms. The van der Waals surface area contributed by atoms with Gasteiger partial charge in [0.25, 0.3) is 0 Å². The van der Waals surface area contributed by atoms with Gasteiger partial charge in [-0.25, -0.2) is 4.68 Å². The third-order valence-corrected chi connectivity index (χ3v) is 5.17. The van der Waals surface area contributed by atoms with E-state index in [9.17, 15) is 5.11 Å². The van der Waals surface area contributed by atoms with Crippen LogP contribution in [0, 0.1) is 0 Å². The summed E-state index contributed by atoms with van der Waals surface area (Å²) in [5, 5.41) is 17.8. The predicted molar refractivity (Wildman–Crippen MR) is 131 cm³/mol. The van der Waals surface area contributed by atoms with Crippen LogP contribution < -0.4 is 10.2 Å². The SMILES string of the molecule is CN=C(NCc1ccc(-n2cccn2)cc1)N1CCN(c2ccccc2O)CC1.I. The highest BCUT2D eigenvalue weighted by Crippen LogP contribution is 2.27. The van der Waals surface area contributed by atoms with E-state index in [1.165, 1.54) is 5.56 Å². The number of nitrogens with zero attached hydrogens (tertiary/aromatic N) is 5. The molecule has 1 aliphatic rings. The zero-order valence-electron chi connectivity index (χ0n) is 17.0. The molecule has 8 heteroatoms. The monoisotopic (exact) mass is 518 g/mol. The van der Waals surface area contributed by atoms with Crippen LogP contribution in [0.15, 0.2) is 72.0 Å². The summed E-state index contributed by atoms with van der Waals surface area (Å²) in [5.74, 6) is 1.24. The Bertz CT molecular complexity index is 950. The van der Waals surface area contributed by atoms with E-state index in [1.807, 2.05) is 42.2 Å². The fourth-order valence-corrected chi connectivity index (χ4v) is 3.59. The number of rotatable bonds is 4. The van der Waals surface area contributed by atoms with Gasteiger partial charge in [0.1, 0.15) is 5.75 Å². The topological polar surface area (TPSA) is 68.9 Å². The number of piperazine rings is 1. The van der Waals surface area contributed by atoms with E-state index in [4.69, 9.17) is 0 Å². The molecule has 0 atom stereocenters. The average Bonchev–Trinajstić information content (AvgIpc) is 3.30. The van der Waals surface area contributed by atoms with Gasteiger partial charge in [0, 0.05) is 52.2 Å². The summed E-state index contributed by atoms with van der Waals surface area (Å²) >= 11 is 0. The van der Waals surface area contributed by atoms with Crippen LogP contribution in [-0.4, -0.2) is 59.0 Å². The molecule has 0 bridgehead atoms. The Kier molecular flexibility index (Phi) is 7.56. The van der Waals surface area contributed by atoms with Crippen LogP contribution in [0.4, 0.5) is 5.69 Å². The lowest BCUT2D eigenvalue weighted by molar-refractivity contribution is 0.369. The van der Waals surface area contributed by atoms with Crippen molar-refractivity contribution in [2.75, 3.05) is 38.1 Å². The van der Waals surface area contributed by atoms with Gasteiger partial charge in [-0.15, -0.1) is 24.0 Å². The lowest BCUT2D eigenvalue weighted by Crippen LogP contribution is -2.52. The lowest BCUT2D eigenvalue weighted by atomic mass is 10.2. The van der Waals surface area contributed by atoms with Crippen molar-refractivity contribution in [1.82, 2.24) is 20.0 Å². The first-order chi connectivity index (χ1) is 14.2. The van der Waals surface area contributed by atoms with Crippen molar-refractivity contribution in [2.45, 2.75) is 6.54 Å². The first-order valence-electron chi connectivity index (χ1n) is 9.82. The van der Waals surface area contributed by atoms with Gasteiger partial charge in [0.15, 0.2) is 5.96 Å². The van der Waals surface area contributed by atoms with E-state index in [0.29, 0.717) is 12.3 Å². The van der Waals surface area contributed by atoms with Crippen LogP contribution in [0.5, 0.6) is 5.75 Å². The van der Waals surface area contributed by atoms with Crippen LogP contribution in [0.1, 0.15) is 5.56 Å². The first kappa shape index (κ1) is 21.9. The summed E-state index contributed by atoms with van der Waals surface area (Å²) < 4.78 is 1.85. The van der Waals surface area contributed by atoms with E-state index in [0.717, 1.165) is 43.5 Å². The standard InChI is InChI=1S/C22H26N6O.HI/c1-23-22(24-17-18-7-9-19(10-8-18)28-12-4-11-25-28)27-15-13-26(14-16-27)20-5-2-3-6-21(20)29;/h2-12,29H,13-17H2,1H3,(H,23,24);1H. The maximum atomic E-state index is 10.1. The zero-order chi connectivity index (χ0) is 20.1. The Labute approximate surface area is 194 Å².